The minimum absolute atomic E-state index is 0.00731. The molecule has 0 saturated heterocycles. The number of amides is 1. The average Bonchev–Trinajstić information content (AvgIpc) is 2.36. The number of carboxylic acid groups (broad SMARTS) is 1. The van der Waals surface area contributed by atoms with Crippen LogP contribution in [0.3, 0.4) is 0 Å². The first-order chi connectivity index (χ1) is 8.45. The van der Waals surface area contributed by atoms with E-state index in [1.807, 2.05) is 0 Å². The summed E-state index contributed by atoms with van der Waals surface area (Å²) in [6.45, 7) is 1.41. The number of hydrogen-bond acceptors (Lipinski definition) is 3. The molecule has 0 aromatic heterocycles. The van der Waals surface area contributed by atoms with Crippen molar-refractivity contribution in [2.24, 2.45) is 0 Å². The largest absolute Gasteiger partial charge is 0.480 e. The topological polar surface area (TPSA) is 74.7 Å². The molecule has 0 aliphatic carbocycles. The maximum absolute atomic E-state index is 11.8. The smallest absolute Gasteiger partial charge is 0.323 e. The third kappa shape index (κ3) is 3.41. The van der Waals surface area contributed by atoms with Crippen LogP contribution in [0.15, 0.2) is 24.3 Å². The van der Waals surface area contributed by atoms with Crippen LogP contribution in [0.4, 0.5) is 0 Å². The first-order valence-electron chi connectivity index (χ1n) is 5.56. The van der Waals surface area contributed by atoms with Gasteiger partial charge in [0.05, 0.1) is 0 Å². The van der Waals surface area contributed by atoms with Gasteiger partial charge < -0.3 is 10.0 Å². The zero-order valence-electron chi connectivity index (χ0n) is 10.3. The molecule has 1 aromatic carbocycles. The number of Topliss-reactive ketones (excluding diaryl/α,β-unsaturated/α-hetero) is 1. The molecule has 0 saturated carbocycles. The Morgan fingerprint density at radius 1 is 1.11 bits per heavy atom. The van der Waals surface area contributed by atoms with E-state index in [4.69, 9.17) is 5.11 Å². The highest BCUT2D eigenvalue weighted by Gasteiger charge is 2.14. The van der Waals surface area contributed by atoms with Crippen molar-refractivity contribution in [2.45, 2.75) is 13.3 Å². The van der Waals surface area contributed by atoms with Crippen LogP contribution in [0.1, 0.15) is 34.1 Å². The molecule has 0 unspecified atom stereocenters. The Balaban J connectivity index is 2.82. The van der Waals surface area contributed by atoms with E-state index in [-0.39, 0.29) is 18.2 Å². The van der Waals surface area contributed by atoms with Crippen LogP contribution in [0.5, 0.6) is 0 Å². The second kappa shape index (κ2) is 5.95. The van der Waals surface area contributed by atoms with Crippen molar-refractivity contribution in [3.8, 4) is 0 Å². The lowest BCUT2D eigenvalue weighted by molar-refractivity contribution is -0.137. The third-order valence-electron chi connectivity index (χ3n) is 2.49. The molecule has 0 fully saturated rings. The van der Waals surface area contributed by atoms with E-state index in [1.54, 1.807) is 19.1 Å². The zero-order valence-corrected chi connectivity index (χ0v) is 10.3. The molecule has 0 bridgehead atoms. The van der Waals surface area contributed by atoms with Crippen molar-refractivity contribution >= 4 is 17.7 Å². The highest BCUT2D eigenvalue weighted by atomic mass is 16.4. The summed E-state index contributed by atoms with van der Waals surface area (Å²) in [5.41, 5.74) is 0.918. The van der Waals surface area contributed by atoms with E-state index in [0.717, 1.165) is 4.90 Å². The van der Waals surface area contributed by atoms with Crippen LogP contribution in [-0.2, 0) is 4.79 Å². The van der Waals surface area contributed by atoms with Crippen LogP contribution < -0.4 is 0 Å². The number of hydrogen-bond donors (Lipinski definition) is 1. The highest BCUT2D eigenvalue weighted by molar-refractivity contribution is 5.99. The summed E-state index contributed by atoms with van der Waals surface area (Å²) in [6, 6.07) is 6.22. The van der Waals surface area contributed by atoms with Crippen LogP contribution in [0.25, 0.3) is 0 Å². The van der Waals surface area contributed by atoms with Crippen molar-refractivity contribution in [2.75, 3.05) is 13.6 Å². The quantitative estimate of drug-likeness (QED) is 0.801. The van der Waals surface area contributed by atoms with E-state index in [1.165, 1.54) is 19.2 Å². The fourth-order valence-electron chi connectivity index (χ4n) is 1.50. The second-order valence-electron chi connectivity index (χ2n) is 3.91. The van der Waals surface area contributed by atoms with E-state index in [2.05, 4.69) is 0 Å². The van der Waals surface area contributed by atoms with E-state index >= 15 is 0 Å². The van der Waals surface area contributed by atoms with Crippen molar-refractivity contribution < 1.29 is 19.5 Å². The molecule has 0 atom stereocenters. The van der Waals surface area contributed by atoms with Gasteiger partial charge in [-0.25, -0.2) is 0 Å². The number of rotatable bonds is 5. The number of benzene rings is 1. The predicted molar refractivity (Wildman–Crippen MR) is 65.7 cm³/mol. The molecule has 0 aliphatic rings. The van der Waals surface area contributed by atoms with Gasteiger partial charge in [0.1, 0.15) is 6.54 Å². The van der Waals surface area contributed by atoms with Gasteiger partial charge in [0.25, 0.3) is 5.91 Å². The molecule has 0 aliphatic heterocycles. The van der Waals surface area contributed by atoms with Gasteiger partial charge >= 0.3 is 5.97 Å². The molecule has 0 heterocycles. The normalized spacial score (nSPS) is 9.89. The summed E-state index contributed by atoms with van der Waals surface area (Å²) in [4.78, 5) is 34.8. The summed E-state index contributed by atoms with van der Waals surface area (Å²) >= 11 is 0. The molecule has 1 N–H and O–H groups in total. The molecule has 1 amide bonds. The van der Waals surface area contributed by atoms with Crippen molar-refractivity contribution in [1.82, 2.24) is 4.90 Å². The molecule has 18 heavy (non-hydrogen) atoms. The summed E-state index contributed by atoms with van der Waals surface area (Å²) in [5.74, 6) is -1.44. The molecular formula is C13H15NO4. The monoisotopic (exact) mass is 249 g/mol. The Morgan fingerprint density at radius 3 is 2.06 bits per heavy atom. The van der Waals surface area contributed by atoms with Crippen molar-refractivity contribution in [1.29, 1.82) is 0 Å². The van der Waals surface area contributed by atoms with Gasteiger partial charge in [-0.2, -0.15) is 0 Å². The maximum atomic E-state index is 11.8. The minimum Gasteiger partial charge on any atom is -0.480 e. The van der Waals surface area contributed by atoms with Gasteiger partial charge in [0, 0.05) is 24.6 Å². The number of carboxylic acids is 1. The minimum atomic E-state index is -1.07. The lowest BCUT2D eigenvalue weighted by Crippen LogP contribution is -2.31. The standard InChI is InChI=1S/C13H15NO4/c1-3-11(15)9-4-6-10(7-5-9)13(18)14(2)8-12(16)17/h4-7H,3,8H2,1-2H3,(H,16,17). The van der Waals surface area contributed by atoms with Gasteiger partial charge in [-0.05, 0) is 12.1 Å². The lowest BCUT2D eigenvalue weighted by atomic mass is 10.1. The van der Waals surface area contributed by atoms with E-state index in [0.29, 0.717) is 17.5 Å². The number of carbonyl (C=O) groups excluding carboxylic acids is 2. The summed E-state index contributed by atoms with van der Waals surface area (Å²) in [5, 5.41) is 8.59. The molecule has 1 aromatic rings. The maximum Gasteiger partial charge on any atom is 0.323 e. The van der Waals surface area contributed by atoms with Gasteiger partial charge in [-0.3, -0.25) is 14.4 Å². The van der Waals surface area contributed by atoms with Crippen LogP contribution in [0.2, 0.25) is 0 Å². The Morgan fingerprint density at radius 2 is 1.61 bits per heavy atom. The molecule has 1 rings (SSSR count). The second-order valence-corrected chi connectivity index (χ2v) is 3.91. The fraction of sp³-hybridized carbons (Fsp3) is 0.308. The summed E-state index contributed by atoms with van der Waals surface area (Å²) < 4.78 is 0. The Kier molecular flexibility index (Phi) is 4.59. The molecule has 5 heteroatoms. The Labute approximate surface area is 105 Å². The molecule has 5 nitrogen and oxygen atoms in total. The SMILES string of the molecule is CCC(=O)c1ccc(C(=O)N(C)CC(=O)O)cc1. The predicted octanol–water partition coefficient (Wildman–Crippen LogP) is 1.44. The summed E-state index contributed by atoms with van der Waals surface area (Å²) in [7, 11) is 1.42. The Bertz CT molecular complexity index is 464. The van der Waals surface area contributed by atoms with E-state index < -0.39 is 5.97 Å². The molecule has 0 radical (unpaired) electrons. The number of likely N-dealkylation sites (N-methyl/N-ethyl adjacent to an activating group) is 1. The fourth-order valence-corrected chi connectivity index (χ4v) is 1.50. The van der Waals surface area contributed by atoms with E-state index in [9.17, 15) is 14.4 Å². The first kappa shape index (κ1) is 13.9. The lowest BCUT2D eigenvalue weighted by Gasteiger charge is -2.14. The zero-order chi connectivity index (χ0) is 13.7. The first-order valence-corrected chi connectivity index (χ1v) is 5.56. The average molecular weight is 249 g/mol. The number of ketones is 1. The third-order valence-corrected chi connectivity index (χ3v) is 2.49. The van der Waals surface area contributed by atoms with Gasteiger partial charge in [0.15, 0.2) is 5.78 Å². The van der Waals surface area contributed by atoms with Crippen molar-refractivity contribution in [3.05, 3.63) is 35.4 Å². The highest BCUT2D eigenvalue weighted by Crippen LogP contribution is 2.08. The Hall–Kier alpha value is -2.17. The number of nitrogens with zero attached hydrogens (tertiary/aromatic N) is 1. The number of carbonyl (C=O) groups is 3. The van der Waals surface area contributed by atoms with Crippen molar-refractivity contribution in [3.63, 3.8) is 0 Å². The molecule has 96 valence electrons. The van der Waals surface area contributed by atoms with Crippen LogP contribution in [-0.4, -0.2) is 41.3 Å². The van der Waals surface area contributed by atoms with Gasteiger partial charge in [0.2, 0.25) is 0 Å². The summed E-state index contributed by atoms with van der Waals surface area (Å²) in [6.07, 6.45) is 0.409. The van der Waals surface area contributed by atoms with Crippen LogP contribution >= 0.6 is 0 Å². The number of aliphatic carboxylic acids is 1. The van der Waals surface area contributed by atoms with Gasteiger partial charge in [-0.15, -0.1) is 0 Å². The van der Waals surface area contributed by atoms with Crippen LogP contribution in [0, 0.1) is 0 Å². The van der Waals surface area contributed by atoms with Gasteiger partial charge in [-0.1, -0.05) is 19.1 Å². The molecular weight excluding hydrogens is 234 g/mol. The molecule has 0 spiro atoms.